The molecule has 1 N–H and O–H groups in total. The molecule has 33 heavy (non-hydrogen) atoms. The van der Waals surface area contributed by atoms with Crippen molar-refractivity contribution in [1.29, 1.82) is 0 Å². The number of carbonyl (C=O) groups excluding carboxylic acids is 1. The van der Waals surface area contributed by atoms with Crippen LogP contribution >= 0.6 is 23.2 Å². The number of methoxy groups -OCH3 is 1. The van der Waals surface area contributed by atoms with Crippen LogP contribution in [0.2, 0.25) is 10.0 Å². The normalized spacial score (nSPS) is 14.2. The van der Waals surface area contributed by atoms with E-state index in [1.54, 1.807) is 24.2 Å². The minimum atomic E-state index is 0.0127. The molecule has 2 aromatic carbocycles. The summed E-state index contributed by atoms with van der Waals surface area (Å²) in [4.78, 5) is 24.6. The van der Waals surface area contributed by atoms with E-state index in [-0.39, 0.29) is 12.5 Å². The Labute approximate surface area is 200 Å². The fourth-order valence-electron chi connectivity index (χ4n) is 4.12. The highest BCUT2D eigenvalue weighted by molar-refractivity contribution is 6.32. The summed E-state index contributed by atoms with van der Waals surface area (Å²) in [6.45, 7) is 2.82. The van der Waals surface area contributed by atoms with E-state index in [1.165, 1.54) is 0 Å². The van der Waals surface area contributed by atoms with Gasteiger partial charge >= 0.3 is 0 Å². The third kappa shape index (κ3) is 4.24. The molecule has 170 valence electrons. The van der Waals surface area contributed by atoms with Crippen molar-refractivity contribution in [3.05, 3.63) is 58.8 Å². The van der Waals surface area contributed by atoms with Crippen LogP contribution in [0.4, 0.5) is 5.69 Å². The zero-order valence-corrected chi connectivity index (χ0v) is 19.5. The molecule has 0 unspecified atom stereocenters. The average Bonchev–Trinajstić information content (AvgIpc) is 3.48. The number of ether oxygens (including phenoxy) is 1. The van der Waals surface area contributed by atoms with Crippen LogP contribution in [0.3, 0.4) is 0 Å². The molecule has 1 aliphatic rings. The molecule has 5 rings (SSSR count). The van der Waals surface area contributed by atoms with E-state index >= 15 is 0 Å². The number of carbonyl (C=O) groups is 1. The van der Waals surface area contributed by atoms with Crippen LogP contribution < -0.4 is 9.64 Å². The number of nitrogens with zero attached hydrogens (tertiary/aromatic N) is 5. The van der Waals surface area contributed by atoms with Gasteiger partial charge in [-0.2, -0.15) is 5.10 Å². The van der Waals surface area contributed by atoms with Crippen molar-refractivity contribution in [3.8, 4) is 17.3 Å². The molecule has 0 bridgehead atoms. The number of nitrogens with one attached hydrogen (secondary N) is 1. The van der Waals surface area contributed by atoms with Gasteiger partial charge in [0.05, 0.1) is 17.6 Å². The van der Waals surface area contributed by atoms with Crippen LogP contribution in [0.5, 0.6) is 5.75 Å². The second-order valence-electron chi connectivity index (χ2n) is 7.79. The maximum atomic E-state index is 13.1. The highest BCUT2D eigenvalue weighted by Gasteiger charge is 2.24. The number of imidazole rings is 1. The fourth-order valence-corrected chi connectivity index (χ4v) is 4.49. The second kappa shape index (κ2) is 8.96. The maximum Gasteiger partial charge on any atom is 0.244 e. The minimum Gasteiger partial charge on any atom is -0.495 e. The summed E-state index contributed by atoms with van der Waals surface area (Å²) >= 11 is 12.4. The first-order valence-corrected chi connectivity index (χ1v) is 11.3. The topological polar surface area (TPSA) is 79.3 Å². The third-order valence-electron chi connectivity index (χ3n) is 5.85. The first kappa shape index (κ1) is 21.6. The van der Waals surface area contributed by atoms with E-state index in [1.807, 2.05) is 41.3 Å². The molecule has 3 heterocycles. The van der Waals surface area contributed by atoms with Gasteiger partial charge in [-0.3, -0.25) is 9.48 Å². The van der Waals surface area contributed by atoms with Crippen LogP contribution in [0, 0.1) is 0 Å². The summed E-state index contributed by atoms with van der Waals surface area (Å²) in [6, 6.07) is 11.3. The van der Waals surface area contributed by atoms with Crippen LogP contribution in [0.1, 0.15) is 0 Å². The Kier molecular flexibility index (Phi) is 5.86. The molecule has 4 aromatic rings. The number of halogens is 2. The predicted molar refractivity (Wildman–Crippen MR) is 129 cm³/mol. The van der Waals surface area contributed by atoms with Crippen molar-refractivity contribution < 1.29 is 9.53 Å². The molecule has 2 aromatic heterocycles. The van der Waals surface area contributed by atoms with Gasteiger partial charge in [-0.15, -0.1) is 0 Å². The lowest BCUT2D eigenvalue weighted by Crippen LogP contribution is -2.49. The number of hydrogen-bond acceptors (Lipinski definition) is 5. The molecule has 0 radical (unpaired) electrons. The molecule has 10 heteroatoms. The smallest absolute Gasteiger partial charge is 0.244 e. The molecule has 1 saturated heterocycles. The zero-order chi connectivity index (χ0) is 22.9. The Morgan fingerprint density at radius 1 is 1.12 bits per heavy atom. The standard InChI is InChI=1S/C23H22Cl2N6O2/c1-33-20-13-16(3-5-18(20)25)29-8-10-30(11-9-29)21(32)14-31-19-12-15(24)2-4-17(19)22(28-31)23-26-6-7-27-23/h2-7,12-13H,8-11,14H2,1H3,(H,26,27). The van der Waals surface area contributed by atoms with Crippen molar-refractivity contribution in [1.82, 2.24) is 24.6 Å². The largest absolute Gasteiger partial charge is 0.495 e. The van der Waals surface area contributed by atoms with Gasteiger partial charge in [0.15, 0.2) is 5.82 Å². The van der Waals surface area contributed by atoms with Gasteiger partial charge in [-0.1, -0.05) is 23.2 Å². The first-order valence-electron chi connectivity index (χ1n) is 10.6. The van der Waals surface area contributed by atoms with Crippen molar-refractivity contribution in [2.75, 3.05) is 38.2 Å². The summed E-state index contributed by atoms with van der Waals surface area (Å²) in [6.07, 6.45) is 3.42. The molecule has 1 amide bonds. The molecule has 0 spiro atoms. The van der Waals surface area contributed by atoms with Gasteiger partial charge in [0.2, 0.25) is 5.91 Å². The summed E-state index contributed by atoms with van der Waals surface area (Å²) in [7, 11) is 1.60. The van der Waals surface area contributed by atoms with Gasteiger partial charge in [-0.25, -0.2) is 4.98 Å². The van der Waals surface area contributed by atoms with Crippen molar-refractivity contribution in [3.63, 3.8) is 0 Å². The molecule has 8 nitrogen and oxygen atoms in total. The molecule has 0 aliphatic carbocycles. The van der Waals surface area contributed by atoms with E-state index in [2.05, 4.69) is 20.0 Å². The van der Waals surface area contributed by atoms with Gasteiger partial charge < -0.3 is 19.5 Å². The lowest BCUT2D eigenvalue weighted by molar-refractivity contribution is -0.132. The Bertz CT molecular complexity index is 1300. The highest BCUT2D eigenvalue weighted by atomic mass is 35.5. The van der Waals surface area contributed by atoms with E-state index in [0.29, 0.717) is 40.4 Å². The van der Waals surface area contributed by atoms with Gasteiger partial charge in [0.25, 0.3) is 0 Å². The van der Waals surface area contributed by atoms with E-state index in [4.69, 9.17) is 27.9 Å². The van der Waals surface area contributed by atoms with Crippen LogP contribution in [-0.4, -0.2) is 63.8 Å². The Morgan fingerprint density at radius 2 is 1.94 bits per heavy atom. The number of fused-ring (bicyclic) bond motifs is 1. The Morgan fingerprint density at radius 3 is 2.67 bits per heavy atom. The molecule has 1 fully saturated rings. The highest BCUT2D eigenvalue weighted by Crippen LogP contribution is 2.30. The minimum absolute atomic E-state index is 0.0127. The number of benzene rings is 2. The molecule has 0 atom stereocenters. The fraction of sp³-hybridized carbons (Fsp3) is 0.261. The SMILES string of the molecule is COc1cc(N2CCN(C(=O)Cn3nc(-c4ncc[nH]4)c4ccc(Cl)cc43)CC2)ccc1Cl. The summed E-state index contributed by atoms with van der Waals surface area (Å²) in [5, 5.41) is 6.74. The maximum absolute atomic E-state index is 13.1. The Balaban J connectivity index is 1.31. The number of aromatic nitrogens is 4. The number of amides is 1. The van der Waals surface area contributed by atoms with Crippen molar-refractivity contribution >= 4 is 45.7 Å². The summed E-state index contributed by atoms with van der Waals surface area (Å²) < 4.78 is 7.03. The van der Waals surface area contributed by atoms with Crippen molar-refractivity contribution in [2.24, 2.45) is 0 Å². The quantitative estimate of drug-likeness (QED) is 0.461. The predicted octanol–water partition coefficient (Wildman–Crippen LogP) is 4.09. The third-order valence-corrected chi connectivity index (χ3v) is 6.40. The van der Waals surface area contributed by atoms with Crippen LogP contribution in [0.15, 0.2) is 48.8 Å². The van der Waals surface area contributed by atoms with Crippen LogP contribution in [-0.2, 0) is 11.3 Å². The first-order chi connectivity index (χ1) is 16.0. The average molecular weight is 485 g/mol. The lowest BCUT2D eigenvalue weighted by Gasteiger charge is -2.36. The van der Waals surface area contributed by atoms with Gasteiger partial charge in [0.1, 0.15) is 18.0 Å². The number of anilines is 1. The number of H-pyrrole nitrogens is 1. The Hall–Kier alpha value is -3.23. The van der Waals surface area contributed by atoms with Gasteiger partial charge in [0, 0.05) is 60.7 Å². The van der Waals surface area contributed by atoms with E-state index < -0.39 is 0 Å². The second-order valence-corrected chi connectivity index (χ2v) is 8.64. The molecule has 0 saturated carbocycles. The lowest BCUT2D eigenvalue weighted by atomic mass is 10.2. The number of rotatable bonds is 5. The molecular weight excluding hydrogens is 463 g/mol. The number of aromatic amines is 1. The van der Waals surface area contributed by atoms with E-state index in [9.17, 15) is 4.79 Å². The number of piperazine rings is 1. The van der Waals surface area contributed by atoms with E-state index in [0.717, 1.165) is 29.7 Å². The van der Waals surface area contributed by atoms with Crippen molar-refractivity contribution in [2.45, 2.75) is 6.54 Å². The molecular formula is C23H22Cl2N6O2. The summed E-state index contributed by atoms with van der Waals surface area (Å²) in [5.74, 6) is 1.31. The van der Waals surface area contributed by atoms with Gasteiger partial charge in [-0.05, 0) is 30.3 Å². The molecule has 1 aliphatic heterocycles. The number of hydrogen-bond donors (Lipinski definition) is 1. The monoisotopic (exact) mass is 484 g/mol. The zero-order valence-electron chi connectivity index (χ0n) is 18.0. The summed E-state index contributed by atoms with van der Waals surface area (Å²) in [5.41, 5.74) is 2.52. The van der Waals surface area contributed by atoms with Crippen LogP contribution in [0.25, 0.3) is 22.4 Å².